The van der Waals surface area contributed by atoms with Crippen LogP contribution in [-0.4, -0.2) is 57.5 Å². The average Bonchev–Trinajstić information content (AvgIpc) is 3.05. The number of nitrogens with one attached hydrogen (secondary N) is 1. The maximum Gasteiger partial charge on any atom is 0.264 e. The Labute approximate surface area is 292 Å². The molecular weight excluding hydrogens is 673 g/mol. The number of amides is 2. The highest BCUT2D eigenvalue weighted by Gasteiger charge is 2.36. The molecule has 12 heteroatoms. The van der Waals surface area contributed by atoms with Crippen molar-refractivity contribution in [3.63, 3.8) is 0 Å². The third-order valence-electron chi connectivity index (χ3n) is 7.39. The van der Waals surface area contributed by atoms with Crippen LogP contribution >= 0.6 is 23.2 Å². The summed E-state index contributed by atoms with van der Waals surface area (Å²) < 4.78 is 40.4. The van der Waals surface area contributed by atoms with Gasteiger partial charge in [0.15, 0.2) is 11.5 Å². The first-order chi connectivity index (χ1) is 22.7. The van der Waals surface area contributed by atoms with Gasteiger partial charge in [0, 0.05) is 34.6 Å². The summed E-state index contributed by atoms with van der Waals surface area (Å²) in [6.07, 6.45) is 0.160. The number of nitrogens with zero attached hydrogens (tertiary/aromatic N) is 2. The number of sulfonamides is 1. The molecule has 0 aliphatic carbocycles. The second-order valence-electron chi connectivity index (χ2n) is 12.1. The largest absolute Gasteiger partial charge is 0.493 e. The van der Waals surface area contributed by atoms with E-state index >= 15 is 0 Å². The molecule has 48 heavy (non-hydrogen) atoms. The Morgan fingerprint density at radius 1 is 0.833 bits per heavy atom. The molecule has 4 rings (SSSR count). The summed E-state index contributed by atoms with van der Waals surface area (Å²) >= 11 is 12.8. The molecule has 1 N–H and O–H groups in total. The van der Waals surface area contributed by atoms with Crippen LogP contribution in [0.5, 0.6) is 11.5 Å². The van der Waals surface area contributed by atoms with Gasteiger partial charge in [-0.3, -0.25) is 13.9 Å². The van der Waals surface area contributed by atoms with Crippen LogP contribution in [0.3, 0.4) is 0 Å². The summed E-state index contributed by atoms with van der Waals surface area (Å²) in [4.78, 5) is 29.9. The van der Waals surface area contributed by atoms with Crippen LogP contribution in [0.1, 0.15) is 31.9 Å². The van der Waals surface area contributed by atoms with Crippen LogP contribution in [0.25, 0.3) is 0 Å². The molecule has 0 saturated heterocycles. The number of rotatable bonds is 13. The molecule has 0 heterocycles. The Morgan fingerprint density at radius 3 is 2.04 bits per heavy atom. The molecule has 0 radical (unpaired) electrons. The van der Waals surface area contributed by atoms with Crippen molar-refractivity contribution in [2.45, 2.75) is 50.2 Å². The minimum absolute atomic E-state index is 0.0943. The van der Waals surface area contributed by atoms with E-state index in [0.717, 1.165) is 9.87 Å². The van der Waals surface area contributed by atoms with Gasteiger partial charge >= 0.3 is 0 Å². The van der Waals surface area contributed by atoms with Crippen LogP contribution in [-0.2, 0) is 32.6 Å². The van der Waals surface area contributed by atoms with Crippen LogP contribution in [0.2, 0.25) is 10.0 Å². The lowest BCUT2D eigenvalue weighted by molar-refractivity contribution is -0.140. The molecule has 0 aliphatic heterocycles. The van der Waals surface area contributed by atoms with Crippen molar-refractivity contribution in [3.05, 3.63) is 118 Å². The second kappa shape index (κ2) is 15.8. The van der Waals surface area contributed by atoms with E-state index in [-0.39, 0.29) is 29.3 Å². The smallest absolute Gasteiger partial charge is 0.264 e. The fraction of sp³-hybridized carbons (Fsp3) is 0.278. The van der Waals surface area contributed by atoms with Gasteiger partial charge in [0.05, 0.1) is 24.8 Å². The van der Waals surface area contributed by atoms with Crippen molar-refractivity contribution >= 4 is 50.7 Å². The Hall–Kier alpha value is -4.25. The lowest BCUT2D eigenvalue weighted by atomic mass is 10.0. The molecule has 0 fully saturated rings. The Kier molecular flexibility index (Phi) is 12.0. The molecule has 4 aromatic rings. The van der Waals surface area contributed by atoms with E-state index in [0.29, 0.717) is 21.4 Å². The van der Waals surface area contributed by atoms with Gasteiger partial charge in [0.2, 0.25) is 11.8 Å². The van der Waals surface area contributed by atoms with Gasteiger partial charge in [-0.25, -0.2) is 8.42 Å². The summed E-state index contributed by atoms with van der Waals surface area (Å²) in [5, 5.41) is 3.71. The number of ether oxygens (including phenoxy) is 2. The van der Waals surface area contributed by atoms with E-state index in [1.807, 2.05) is 51.1 Å². The summed E-state index contributed by atoms with van der Waals surface area (Å²) in [5.41, 5.74) is 0.976. The normalized spacial score (nSPS) is 12.1. The molecule has 254 valence electrons. The van der Waals surface area contributed by atoms with Gasteiger partial charge in [0.1, 0.15) is 12.6 Å². The predicted octanol–water partition coefficient (Wildman–Crippen LogP) is 6.76. The SMILES string of the molecule is COc1ccc(S(=O)(=O)N(CC(=O)N(Cc2ccc(Cl)cc2Cl)C(Cc2ccccc2)C(=O)NC(C)(C)C)c2ccccc2)cc1OC. The van der Waals surface area contributed by atoms with Crippen LogP contribution in [0.4, 0.5) is 5.69 Å². The van der Waals surface area contributed by atoms with E-state index in [9.17, 15) is 18.0 Å². The first-order valence-electron chi connectivity index (χ1n) is 15.1. The third-order valence-corrected chi connectivity index (χ3v) is 9.75. The van der Waals surface area contributed by atoms with Crippen molar-refractivity contribution in [3.8, 4) is 11.5 Å². The van der Waals surface area contributed by atoms with Gasteiger partial charge < -0.3 is 19.7 Å². The van der Waals surface area contributed by atoms with E-state index < -0.39 is 40.0 Å². The van der Waals surface area contributed by atoms with Crippen molar-refractivity contribution < 1.29 is 27.5 Å². The molecule has 0 aromatic heterocycles. The first-order valence-corrected chi connectivity index (χ1v) is 17.3. The molecule has 0 bridgehead atoms. The van der Waals surface area contributed by atoms with Crippen LogP contribution in [0.15, 0.2) is 102 Å². The minimum Gasteiger partial charge on any atom is -0.493 e. The summed E-state index contributed by atoms with van der Waals surface area (Å²) in [5.74, 6) is -0.477. The van der Waals surface area contributed by atoms with Gasteiger partial charge in [-0.05, 0) is 68.3 Å². The molecular formula is C36H39Cl2N3O6S. The number of benzene rings is 4. The van der Waals surface area contributed by atoms with E-state index in [1.165, 1.54) is 37.3 Å². The van der Waals surface area contributed by atoms with Crippen LogP contribution < -0.4 is 19.1 Å². The monoisotopic (exact) mass is 711 g/mol. The number of methoxy groups -OCH3 is 2. The molecule has 2 amide bonds. The van der Waals surface area contributed by atoms with Crippen LogP contribution in [0, 0.1) is 0 Å². The molecule has 0 aliphatic rings. The maximum absolute atomic E-state index is 14.6. The lowest BCUT2D eigenvalue weighted by Gasteiger charge is -2.35. The molecule has 4 aromatic carbocycles. The van der Waals surface area contributed by atoms with Crippen molar-refractivity contribution in [1.82, 2.24) is 10.2 Å². The number of halogens is 2. The predicted molar refractivity (Wildman–Crippen MR) is 189 cm³/mol. The molecule has 0 spiro atoms. The number of para-hydroxylation sites is 1. The highest BCUT2D eigenvalue weighted by molar-refractivity contribution is 7.92. The zero-order valence-electron chi connectivity index (χ0n) is 27.4. The van der Waals surface area contributed by atoms with E-state index in [2.05, 4.69) is 5.32 Å². The topological polar surface area (TPSA) is 105 Å². The Balaban J connectivity index is 1.84. The molecule has 1 unspecified atom stereocenters. The van der Waals surface area contributed by atoms with Crippen molar-refractivity contribution in [2.75, 3.05) is 25.1 Å². The highest BCUT2D eigenvalue weighted by Crippen LogP contribution is 2.33. The first kappa shape index (κ1) is 36.6. The van der Waals surface area contributed by atoms with E-state index in [4.69, 9.17) is 32.7 Å². The van der Waals surface area contributed by atoms with Crippen molar-refractivity contribution in [1.29, 1.82) is 0 Å². The molecule has 1 atom stereocenters. The number of carbonyl (C=O) groups excluding carboxylic acids is 2. The average molecular weight is 713 g/mol. The fourth-order valence-electron chi connectivity index (χ4n) is 5.07. The van der Waals surface area contributed by atoms with Gasteiger partial charge in [-0.15, -0.1) is 0 Å². The summed E-state index contributed by atoms with van der Waals surface area (Å²) in [6, 6.07) is 25.7. The maximum atomic E-state index is 14.6. The number of anilines is 1. The third kappa shape index (κ3) is 9.21. The summed E-state index contributed by atoms with van der Waals surface area (Å²) in [7, 11) is -1.50. The fourth-order valence-corrected chi connectivity index (χ4v) is 6.97. The lowest BCUT2D eigenvalue weighted by Crippen LogP contribution is -2.56. The second-order valence-corrected chi connectivity index (χ2v) is 14.8. The van der Waals surface area contributed by atoms with Gasteiger partial charge in [-0.2, -0.15) is 0 Å². The minimum atomic E-state index is -4.35. The van der Waals surface area contributed by atoms with Gasteiger partial charge in [-0.1, -0.05) is 77.8 Å². The zero-order chi connectivity index (χ0) is 35.1. The standard InChI is InChI=1S/C36H39Cl2N3O6S/c1-36(2,3)39-35(43)31(20-25-12-8-6-9-13-25)40(23-26-16-17-27(37)21-30(26)38)34(42)24-41(28-14-10-7-11-15-28)48(44,45)29-18-19-32(46-4)33(22-29)47-5/h6-19,21-22,31H,20,23-24H2,1-5H3,(H,39,43). The zero-order valence-corrected chi connectivity index (χ0v) is 29.8. The molecule has 9 nitrogen and oxygen atoms in total. The van der Waals surface area contributed by atoms with Gasteiger partial charge in [0.25, 0.3) is 10.0 Å². The van der Waals surface area contributed by atoms with Crippen molar-refractivity contribution in [2.24, 2.45) is 0 Å². The quantitative estimate of drug-likeness (QED) is 0.164. The van der Waals surface area contributed by atoms with E-state index in [1.54, 1.807) is 48.5 Å². The summed E-state index contributed by atoms with van der Waals surface area (Å²) in [6.45, 7) is 4.82. The Morgan fingerprint density at radius 2 is 1.46 bits per heavy atom. The number of hydrogen-bond donors (Lipinski definition) is 1. The molecule has 0 saturated carbocycles. The highest BCUT2D eigenvalue weighted by atomic mass is 35.5. The number of hydrogen-bond acceptors (Lipinski definition) is 6. The Bertz CT molecular complexity index is 1830. The number of carbonyl (C=O) groups is 2.